The van der Waals surface area contributed by atoms with Crippen LogP contribution in [0.4, 0.5) is 0 Å². The topological polar surface area (TPSA) is 46.9 Å². The Morgan fingerprint density at radius 2 is 1.93 bits per heavy atom. The molecule has 1 N–H and O–H groups in total. The van der Waals surface area contributed by atoms with Gasteiger partial charge < -0.3 is 9.88 Å². The van der Waals surface area contributed by atoms with Crippen LogP contribution >= 0.6 is 0 Å². The minimum atomic E-state index is 0.157. The number of benzene rings is 1. The second-order valence-corrected chi connectivity index (χ2v) is 8.34. The van der Waals surface area contributed by atoms with Crippen LogP contribution in [0, 0.1) is 5.92 Å². The third kappa shape index (κ3) is 4.69. The molecule has 2 aromatic heterocycles. The summed E-state index contributed by atoms with van der Waals surface area (Å²) in [5.74, 6) is 1.04. The zero-order valence-electron chi connectivity index (χ0n) is 17.3. The summed E-state index contributed by atoms with van der Waals surface area (Å²) in [7, 11) is 2.11. The molecule has 1 saturated carbocycles. The molecule has 0 bridgehead atoms. The van der Waals surface area contributed by atoms with Crippen LogP contribution in [0.5, 0.6) is 0 Å². The number of hydrogen-bond acceptors (Lipinski definition) is 2. The SMILES string of the molecule is Cn1cc([C@H](CC(=O)NCCc2ccccn2)C2CCCCC2)c2ccccc21. The second kappa shape index (κ2) is 9.25. The van der Waals surface area contributed by atoms with E-state index in [-0.39, 0.29) is 11.8 Å². The van der Waals surface area contributed by atoms with E-state index in [0.29, 0.717) is 18.9 Å². The van der Waals surface area contributed by atoms with Crippen LogP contribution in [0.15, 0.2) is 54.9 Å². The van der Waals surface area contributed by atoms with Gasteiger partial charge in [0, 0.05) is 55.4 Å². The second-order valence-electron chi connectivity index (χ2n) is 8.34. The van der Waals surface area contributed by atoms with Crippen molar-refractivity contribution < 1.29 is 4.79 Å². The number of fused-ring (bicyclic) bond motifs is 1. The lowest BCUT2D eigenvalue weighted by Gasteiger charge is -2.30. The van der Waals surface area contributed by atoms with E-state index < -0.39 is 0 Å². The maximum absolute atomic E-state index is 12.9. The minimum Gasteiger partial charge on any atom is -0.356 e. The Bertz CT molecular complexity index is 941. The number of amides is 1. The van der Waals surface area contributed by atoms with E-state index in [1.165, 1.54) is 48.6 Å². The predicted molar refractivity (Wildman–Crippen MR) is 118 cm³/mol. The number of para-hydroxylation sites is 1. The first kappa shape index (κ1) is 19.7. The minimum absolute atomic E-state index is 0.157. The first-order valence-electron chi connectivity index (χ1n) is 10.9. The molecule has 29 heavy (non-hydrogen) atoms. The van der Waals surface area contributed by atoms with Gasteiger partial charge in [0.25, 0.3) is 0 Å². The Morgan fingerprint density at radius 3 is 2.72 bits per heavy atom. The molecule has 1 aromatic carbocycles. The number of nitrogens with zero attached hydrogens (tertiary/aromatic N) is 2. The first-order chi connectivity index (χ1) is 14.2. The van der Waals surface area contributed by atoms with Crippen LogP contribution in [-0.2, 0) is 18.3 Å². The van der Waals surface area contributed by atoms with Crippen molar-refractivity contribution in [1.82, 2.24) is 14.9 Å². The van der Waals surface area contributed by atoms with Crippen LogP contribution in [0.3, 0.4) is 0 Å². The van der Waals surface area contributed by atoms with Gasteiger partial charge >= 0.3 is 0 Å². The summed E-state index contributed by atoms with van der Waals surface area (Å²) in [4.78, 5) is 17.2. The summed E-state index contributed by atoms with van der Waals surface area (Å²) in [6.45, 7) is 0.642. The summed E-state index contributed by atoms with van der Waals surface area (Å²) in [5.41, 5.74) is 3.61. The molecule has 1 amide bonds. The van der Waals surface area contributed by atoms with Crippen LogP contribution in [0.25, 0.3) is 10.9 Å². The van der Waals surface area contributed by atoms with Crippen molar-refractivity contribution in [3.05, 3.63) is 66.1 Å². The van der Waals surface area contributed by atoms with E-state index in [0.717, 1.165) is 12.1 Å². The predicted octanol–water partition coefficient (Wildman–Crippen LogP) is 4.99. The van der Waals surface area contributed by atoms with Gasteiger partial charge in [-0.2, -0.15) is 0 Å². The molecule has 4 nitrogen and oxygen atoms in total. The molecule has 2 heterocycles. The van der Waals surface area contributed by atoms with Gasteiger partial charge in [0.1, 0.15) is 0 Å². The zero-order chi connectivity index (χ0) is 20.1. The van der Waals surface area contributed by atoms with Crippen LogP contribution in [0.2, 0.25) is 0 Å². The quantitative estimate of drug-likeness (QED) is 0.619. The molecule has 0 spiro atoms. The van der Waals surface area contributed by atoms with Crippen LogP contribution < -0.4 is 5.32 Å². The Morgan fingerprint density at radius 1 is 1.14 bits per heavy atom. The number of nitrogens with one attached hydrogen (secondary N) is 1. The maximum Gasteiger partial charge on any atom is 0.220 e. The van der Waals surface area contributed by atoms with Crippen molar-refractivity contribution in [2.24, 2.45) is 13.0 Å². The van der Waals surface area contributed by atoms with E-state index in [2.05, 4.69) is 52.4 Å². The third-order valence-electron chi connectivity index (χ3n) is 6.38. The van der Waals surface area contributed by atoms with Gasteiger partial charge in [0.05, 0.1) is 0 Å². The summed E-state index contributed by atoms with van der Waals surface area (Å²) in [6.07, 6.45) is 11.8. The van der Waals surface area contributed by atoms with Crippen molar-refractivity contribution in [3.8, 4) is 0 Å². The number of carbonyl (C=O) groups is 1. The van der Waals surface area contributed by atoms with Crippen LogP contribution in [0.1, 0.15) is 55.7 Å². The van der Waals surface area contributed by atoms with Gasteiger partial charge in [-0.3, -0.25) is 9.78 Å². The van der Waals surface area contributed by atoms with Gasteiger partial charge in [0.15, 0.2) is 0 Å². The lowest BCUT2D eigenvalue weighted by atomic mass is 9.75. The van der Waals surface area contributed by atoms with Crippen molar-refractivity contribution in [1.29, 1.82) is 0 Å². The highest BCUT2D eigenvalue weighted by atomic mass is 16.1. The number of aromatic nitrogens is 2. The normalized spacial score (nSPS) is 16.0. The molecule has 1 fully saturated rings. The average molecular weight is 390 g/mol. The molecule has 0 saturated heterocycles. The van der Waals surface area contributed by atoms with E-state index in [1.807, 2.05) is 18.2 Å². The molecule has 1 atom stereocenters. The Kier molecular flexibility index (Phi) is 6.28. The highest BCUT2D eigenvalue weighted by molar-refractivity contribution is 5.86. The van der Waals surface area contributed by atoms with Gasteiger partial charge in [-0.1, -0.05) is 43.5 Å². The fraction of sp³-hybridized carbons (Fsp3) is 0.440. The summed E-state index contributed by atoms with van der Waals surface area (Å²) >= 11 is 0. The fourth-order valence-corrected chi connectivity index (χ4v) is 4.88. The van der Waals surface area contributed by atoms with E-state index in [9.17, 15) is 4.79 Å². The number of carbonyl (C=O) groups excluding carboxylic acids is 1. The first-order valence-corrected chi connectivity index (χ1v) is 10.9. The molecule has 3 aromatic rings. The molecular formula is C25H31N3O. The maximum atomic E-state index is 12.9. The summed E-state index contributed by atoms with van der Waals surface area (Å²) in [6, 6.07) is 14.5. The van der Waals surface area contributed by atoms with E-state index in [1.54, 1.807) is 6.20 Å². The molecule has 4 heteroatoms. The monoisotopic (exact) mass is 389 g/mol. The van der Waals surface area contributed by atoms with Gasteiger partial charge in [0.2, 0.25) is 5.91 Å². The smallest absolute Gasteiger partial charge is 0.220 e. The molecule has 0 radical (unpaired) electrons. The van der Waals surface area contributed by atoms with Crippen molar-refractivity contribution >= 4 is 16.8 Å². The van der Waals surface area contributed by atoms with Crippen molar-refractivity contribution in [2.75, 3.05) is 6.54 Å². The Balaban J connectivity index is 1.49. The van der Waals surface area contributed by atoms with Gasteiger partial charge in [-0.05, 0) is 48.4 Å². The number of hydrogen-bond donors (Lipinski definition) is 1. The van der Waals surface area contributed by atoms with E-state index >= 15 is 0 Å². The fourth-order valence-electron chi connectivity index (χ4n) is 4.88. The third-order valence-corrected chi connectivity index (χ3v) is 6.38. The summed E-state index contributed by atoms with van der Waals surface area (Å²) in [5, 5.41) is 4.44. The Hall–Kier alpha value is -2.62. The van der Waals surface area contributed by atoms with Gasteiger partial charge in [-0.25, -0.2) is 0 Å². The van der Waals surface area contributed by atoms with Crippen LogP contribution in [-0.4, -0.2) is 22.0 Å². The lowest BCUT2D eigenvalue weighted by Crippen LogP contribution is -2.29. The van der Waals surface area contributed by atoms with Gasteiger partial charge in [-0.15, -0.1) is 0 Å². The van der Waals surface area contributed by atoms with E-state index in [4.69, 9.17) is 0 Å². The highest BCUT2D eigenvalue weighted by Gasteiger charge is 2.29. The average Bonchev–Trinajstić information content (AvgIpc) is 3.10. The standard InChI is InChI=1S/C25H31N3O/c1-28-18-23(21-12-5-6-13-24(21)28)22(19-9-3-2-4-10-19)17-25(29)27-16-14-20-11-7-8-15-26-20/h5-8,11-13,15,18-19,22H,2-4,9-10,14,16-17H2,1H3,(H,27,29)/t22-/m1/s1. The largest absolute Gasteiger partial charge is 0.356 e. The molecule has 0 unspecified atom stereocenters. The summed E-state index contributed by atoms with van der Waals surface area (Å²) < 4.78 is 2.21. The van der Waals surface area contributed by atoms with Crippen molar-refractivity contribution in [3.63, 3.8) is 0 Å². The number of pyridine rings is 1. The number of rotatable bonds is 7. The highest BCUT2D eigenvalue weighted by Crippen LogP contribution is 2.41. The molecular weight excluding hydrogens is 358 g/mol. The number of aryl methyl sites for hydroxylation is 1. The zero-order valence-corrected chi connectivity index (χ0v) is 17.3. The molecule has 0 aliphatic heterocycles. The Labute approximate surface area is 173 Å². The molecule has 1 aliphatic rings. The van der Waals surface area contributed by atoms with Crippen molar-refractivity contribution in [2.45, 2.75) is 50.9 Å². The molecule has 1 aliphatic carbocycles. The molecule has 152 valence electrons. The molecule has 4 rings (SSSR count). The lowest BCUT2D eigenvalue weighted by molar-refractivity contribution is -0.121.